The van der Waals surface area contributed by atoms with E-state index in [1.807, 2.05) is 24.3 Å². The summed E-state index contributed by atoms with van der Waals surface area (Å²) in [4.78, 5) is 29.7. The highest BCUT2D eigenvalue weighted by molar-refractivity contribution is 5.91. The maximum absolute atomic E-state index is 14.0. The number of piperazine rings is 1. The lowest BCUT2D eigenvalue weighted by atomic mass is 10.1. The molecule has 1 amide bonds. The third kappa shape index (κ3) is 7.31. The first kappa shape index (κ1) is 29.6. The zero-order chi connectivity index (χ0) is 30.3. The number of carbonyl (C=O) groups excluding carboxylic acids is 1. The molecule has 0 saturated carbocycles. The summed E-state index contributed by atoms with van der Waals surface area (Å²) in [7, 11) is 3.17. The first-order chi connectivity index (χ1) is 20.8. The molecule has 11 heteroatoms. The average Bonchev–Trinajstić information content (AvgIpc) is 3.49. The van der Waals surface area contributed by atoms with Gasteiger partial charge in [-0.15, -0.1) is 0 Å². The zero-order valence-corrected chi connectivity index (χ0v) is 24.1. The van der Waals surface area contributed by atoms with Gasteiger partial charge >= 0.3 is 0 Å². The van der Waals surface area contributed by atoms with E-state index in [1.54, 1.807) is 49.5 Å². The van der Waals surface area contributed by atoms with Gasteiger partial charge in [-0.3, -0.25) is 19.8 Å². The van der Waals surface area contributed by atoms with Crippen molar-refractivity contribution in [3.63, 3.8) is 0 Å². The SMILES string of the molecule is COc1ccc(CN(Cc2cccc(F)c2)Cc2ccc(C(=O)N3CCN(c4ccc([N+](=O)[O-])cc4)CC3)o2)cc1OC. The van der Waals surface area contributed by atoms with E-state index in [1.165, 1.54) is 24.3 Å². The topological polar surface area (TPSA) is 102 Å². The summed E-state index contributed by atoms with van der Waals surface area (Å²) in [5, 5.41) is 10.9. The van der Waals surface area contributed by atoms with Gasteiger partial charge in [0, 0.05) is 57.1 Å². The van der Waals surface area contributed by atoms with Gasteiger partial charge in [-0.25, -0.2) is 4.39 Å². The van der Waals surface area contributed by atoms with E-state index in [0.29, 0.717) is 63.1 Å². The lowest BCUT2D eigenvalue weighted by Gasteiger charge is -2.35. The third-order valence-electron chi connectivity index (χ3n) is 7.39. The Morgan fingerprint density at radius 2 is 1.58 bits per heavy atom. The number of ether oxygens (including phenoxy) is 2. The lowest BCUT2D eigenvalue weighted by molar-refractivity contribution is -0.384. The van der Waals surface area contributed by atoms with E-state index in [0.717, 1.165) is 16.8 Å². The second-order valence-electron chi connectivity index (χ2n) is 10.3. The Hall–Kier alpha value is -4.90. The van der Waals surface area contributed by atoms with Crippen molar-refractivity contribution in [2.24, 2.45) is 0 Å². The molecule has 1 fully saturated rings. The number of non-ortho nitro benzene ring substituents is 1. The second kappa shape index (κ2) is 13.4. The van der Waals surface area contributed by atoms with Crippen molar-refractivity contribution >= 4 is 17.3 Å². The van der Waals surface area contributed by atoms with Gasteiger partial charge in [0.05, 0.1) is 25.7 Å². The van der Waals surface area contributed by atoms with Crippen LogP contribution in [-0.4, -0.2) is 61.0 Å². The Labute approximate surface area is 249 Å². The van der Waals surface area contributed by atoms with Gasteiger partial charge in [-0.1, -0.05) is 18.2 Å². The Kier molecular flexibility index (Phi) is 9.21. The van der Waals surface area contributed by atoms with Gasteiger partial charge in [0.1, 0.15) is 11.6 Å². The Morgan fingerprint density at radius 1 is 0.884 bits per heavy atom. The zero-order valence-electron chi connectivity index (χ0n) is 24.1. The number of carbonyl (C=O) groups is 1. The van der Waals surface area contributed by atoms with Crippen LogP contribution in [0, 0.1) is 15.9 Å². The molecule has 0 N–H and O–H groups in total. The number of rotatable bonds is 11. The minimum Gasteiger partial charge on any atom is -0.493 e. The van der Waals surface area contributed by atoms with Crippen LogP contribution in [0.25, 0.3) is 0 Å². The monoisotopic (exact) mass is 588 g/mol. The standard InChI is InChI=1S/C32H33FN4O6/c1-41-29-12-6-24(19-31(29)42-2)21-34(20-23-4-3-5-25(33)18-23)22-28-11-13-30(43-28)32(38)36-16-14-35(15-17-36)26-7-9-27(10-8-26)37(39)40/h3-13,18-19H,14-17,20-22H2,1-2H3. The molecule has 10 nitrogen and oxygen atoms in total. The molecule has 1 saturated heterocycles. The van der Waals surface area contributed by atoms with Crippen molar-refractivity contribution in [2.45, 2.75) is 19.6 Å². The minimum atomic E-state index is -0.422. The van der Waals surface area contributed by atoms with E-state index in [2.05, 4.69) is 9.80 Å². The molecule has 1 aromatic heterocycles. The summed E-state index contributed by atoms with van der Waals surface area (Å²) in [6.07, 6.45) is 0. The normalized spacial score (nSPS) is 13.3. The molecule has 0 spiro atoms. The van der Waals surface area contributed by atoms with Crippen LogP contribution in [0.15, 0.2) is 83.3 Å². The predicted octanol–water partition coefficient (Wildman–Crippen LogP) is 5.51. The van der Waals surface area contributed by atoms with Crippen LogP contribution in [-0.2, 0) is 19.6 Å². The molecule has 43 heavy (non-hydrogen) atoms. The highest BCUT2D eigenvalue weighted by atomic mass is 19.1. The van der Waals surface area contributed by atoms with Gasteiger partial charge in [0.25, 0.3) is 11.6 Å². The smallest absolute Gasteiger partial charge is 0.289 e. The van der Waals surface area contributed by atoms with Crippen molar-refractivity contribution in [3.8, 4) is 11.5 Å². The van der Waals surface area contributed by atoms with E-state index >= 15 is 0 Å². The van der Waals surface area contributed by atoms with Crippen molar-refractivity contribution in [1.29, 1.82) is 0 Å². The van der Waals surface area contributed by atoms with Crippen LogP contribution < -0.4 is 14.4 Å². The summed E-state index contributed by atoms with van der Waals surface area (Å²) in [6, 6.07) is 22.1. The van der Waals surface area contributed by atoms with Crippen LogP contribution in [0.4, 0.5) is 15.8 Å². The molecule has 2 heterocycles. The molecule has 0 radical (unpaired) electrons. The number of methoxy groups -OCH3 is 2. The molecule has 1 aliphatic heterocycles. The van der Waals surface area contributed by atoms with E-state index in [9.17, 15) is 19.3 Å². The number of furan rings is 1. The lowest BCUT2D eigenvalue weighted by Crippen LogP contribution is -2.48. The largest absolute Gasteiger partial charge is 0.493 e. The molecule has 5 rings (SSSR count). The molecule has 0 bridgehead atoms. The molecule has 0 unspecified atom stereocenters. The number of nitrogens with zero attached hydrogens (tertiary/aromatic N) is 4. The molecule has 0 atom stereocenters. The molecule has 4 aromatic rings. The van der Waals surface area contributed by atoms with Crippen molar-refractivity contribution in [1.82, 2.24) is 9.80 Å². The fourth-order valence-corrected chi connectivity index (χ4v) is 5.21. The van der Waals surface area contributed by atoms with Crippen LogP contribution in [0.2, 0.25) is 0 Å². The van der Waals surface area contributed by atoms with Gasteiger partial charge in [0.15, 0.2) is 17.3 Å². The molecule has 224 valence electrons. The first-order valence-corrected chi connectivity index (χ1v) is 13.9. The number of amides is 1. The number of benzene rings is 3. The fraction of sp³-hybridized carbons (Fsp3) is 0.281. The molecule has 0 aliphatic carbocycles. The van der Waals surface area contributed by atoms with Crippen LogP contribution in [0.1, 0.15) is 27.4 Å². The van der Waals surface area contributed by atoms with Gasteiger partial charge in [0.2, 0.25) is 0 Å². The summed E-state index contributed by atoms with van der Waals surface area (Å²) in [6.45, 7) is 3.57. The van der Waals surface area contributed by atoms with E-state index < -0.39 is 4.92 Å². The fourth-order valence-electron chi connectivity index (χ4n) is 5.21. The van der Waals surface area contributed by atoms with Gasteiger partial charge in [-0.05, 0) is 59.7 Å². The van der Waals surface area contributed by atoms with E-state index in [4.69, 9.17) is 13.9 Å². The number of halogens is 1. The number of anilines is 1. The number of nitro benzene ring substituents is 1. The summed E-state index contributed by atoms with van der Waals surface area (Å²) in [5.41, 5.74) is 2.72. The minimum absolute atomic E-state index is 0.0458. The van der Waals surface area contributed by atoms with Crippen molar-refractivity contribution in [2.75, 3.05) is 45.3 Å². The van der Waals surface area contributed by atoms with Gasteiger partial charge < -0.3 is 23.7 Å². The predicted molar refractivity (Wildman–Crippen MR) is 159 cm³/mol. The number of hydrogen-bond donors (Lipinski definition) is 0. The summed E-state index contributed by atoms with van der Waals surface area (Å²) < 4.78 is 30.8. The Balaban J connectivity index is 1.25. The van der Waals surface area contributed by atoms with Crippen LogP contribution >= 0.6 is 0 Å². The summed E-state index contributed by atoms with van der Waals surface area (Å²) >= 11 is 0. The Bertz CT molecular complexity index is 1570. The molecule has 3 aromatic carbocycles. The first-order valence-electron chi connectivity index (χ1n) is 13.9. The quantitative estimate of drug-likeness (QED) is 0.167. The van der Waals surface area contributed by atoms with Crippen LogP contribution in [0.5, 0.6) is 11.5 Å². The average molecular weight is 589 g/mol. The number of nitro groups is 1. The highest BCUT2D eigenvalue weighted by Gasteiger charge is 2.25. The van der Waals surface area contributed by atoms with Crippen LogP contribution in [0.3, 0.4) is 0 Å². The molecular formula is C32H33FN4O6. The third-order valence-corrected chi connectivity index (χ3v) is 7.39. The Morgan fingerprint density at radius 3 is 2.23 bits per heavy atom. The second-order valence-corrected chi connectivity index (χ2v) is 10.3. The van der Waals surface area contributed by atoms with Crippen molar-refractivity contribution in [3.05, 3.63) is 117 Å². The maximum atomic E-state index is 14.0. The maximum Gasteiger partial charge on any atom is 0.289 e. The van der Waals surface area contributed by atoms with E-state index in [-0.39, 0.29) is 23.2 Å². The highest BCUT2D eigenvalue weighted by Crippen LogP contribution is 2.29. The molecular weight excluding hydrogens is 555 g/mol. The summed E-state index contributed by atoms with van der Waals surface area (Å²) in [5.74, 6) is 1.63. The molecule has 1 aliphatic rings. The van der Waals surface area contributed by atoms with Gasteiger partial charge in [-0.2, -0.15) is 0 Å². The van der Waals surface area contributed by atoms with Crippen molar-refractivity contribution < 1.29 is 28.0 Å². The number of hydrogen-bond acceptors (Lipinski definition) is 8.